The number of esters is 2. The van der Waals surface area contributed by atoms with Gasteiger partial charge in [-0.2, -0.15) is 5.26 Å². The lowest BCUT2D eigenvalue weighted by atomic mass is 10.0. The fourth-order valence-electron chi connectivity index (χ4n) is 1.35. The van der Waals surface area contributed by atoms with Gasteiger partial charge in [0.15, 0.2) is 0 Å². The Kier molecular flexibility index (Phi) is 4.23. The molecule has 0 heterocycles. The predicted molar refractivity (Wildman–Crippen MR) is 58.5 cm³/mol. The van der Waals surface area contributed by atoms with Crippen molar-refractivity contribution in [2.75, 3.05) is 13.7 Å². The molecule has 1 aromatic rings. The fraction of sp³-hybridized carbons (Fsp3) is 0.250. The molecule has 5 heteroatoms. The fourth-order valence-corrected chi connectivity index (χ4v) is 1.35. The van der Waals surface area contributed by atoms with E-state index in [0.717, 1.165) is 0 Å². The van der Waals surface area contributed by atoms with Crippen molar-refractivity contribution in [3.8, 4) is 6.07 Å². The number of hydrogen-bond acceptors (Lipinski definition) is 5. The number of nitrogens with zero attached hydrogens (tertiary/aromatic N) is 1. The molecule has 1 rings (SSSR count). The van der Waals surface area contributed by atoms with Crippen molar-refractivity contribution in [3.05, 3.63) is 34.9 Å². The van der Waals surface area contributed by atoms with Crippen LogP contribution in [0.5, 0.6) is 0 Å². The molecule has 0 unspecified atom stereocenters. The molecule has 0 bridgehead atoms. The van der Waals surface area contributed by atoms with Crippen molar-refractivity contribution in [1.29, 1.82) is 5.26 Å². The molecule has 0 aliphatic carbocycles. The molecule has 0 saturated heterocycles. The third-order valence-corrected chi connectivity index (χ3v) is 2.07. The highest BCUT2D eigenvalue weighted by atomic mass is 16.5. The van der Waals surface area contributed by atoms with Gasteiger partial charge in [0, 0.05) is 0 Å². The SMILES string of the molecule is CCOC(=O)c1c(C#N)cccc1C(=O)OC. The average molecular weight is 233 g/mol. The van der Waals surface area contributed by atoms with Crippen LogP contribution in [0.1, 0.15) is 33.2 Å². The van der Waals surface area contributed by atoms with Gasteiger partial charge < -0.3 is 9.47 Å². The number of methoxy groups -OCH3 is 1. The molecule has 88 valence electrons. The number of rotatable bonds is 3. The minimum atomic E-state index is -0.704. The highest BCUT2D eigenvalue weighted by Gasteiger charge is 2.22. The van der Waals surface area contributed by atoms with Gasteiger partial charge in [-0.1, -0.05) is 6.07 Å². The summed E-state index contributed by atoms with van der Waals surface area (Å²) in [5, 5.41) is 8.90. The van der Waals surface area contributed by atoms with Gasteiger partial charge in [-0.15, -0.1) is 0 Å². The van der Waals surface area contributed by atoms with Gasteiger partial charge in [-0.05, 0) is 19.1 Å². The van der Waals surface area contributed by atoms with Crippen LogP contribution in [0.4, 0.5) is 0 Å². The largest absolute Gasteiger partial charge is 0.465 e. The molecule has 0 N–H and O–H groups in total. The molecule has 0 aliphatic rings. The van der Waals surface area contributed by atoms with Crippen molar-refractivity contribution < 1.29 is 19.1 Å². The van der Waals surface area contributed by atoms with Crippen molar-refractivity contribution in [2.24, 2.45) is 0 Å². The quantitative estimate of drug-likeness (QED) is 0.740. The second kappa shape index (κ2) is 5.66. The highest BCUT2D eigenvalue weighted by Crippen LogP contribution is 2.16. The minimum Gasteiger partial charge on any atom is -0.465 e. The van der Waals surface area contributed by atoms with Gasteiger partial charge in [0.2, 0.25) is 0 Å². The van der Waals surface area contributed by atoms with E-state index >= 15 is 0 Å². The van der Waals surface area contributed by atoms with Crippen LogP contribution in [0, 0.1) is 11.3 Å². The zero-order valence-corrected chi connectivity index (χ0v) is 9.52. The topological polar surface area (TPSA) is 76.4 Å². The molecular weight excluding hydrogens is 222 g/mol. The Morgan fingerprint density at radius 3 is 2.59 bits per heavy atom. The maximum absolute atomic E-state index is 11.7. The monoisotopic (exact) mass is 233 g/mol. The first-order valence-electron chi connectivity index (χ1n) is 4.94. The van der Waals surface area contributed by atoms with E-state index in [1.807, 2.05) is 6.07 Å². The van der Waals surface area contributed by atoms with Crippen molar-refractivity contribution in [1.82, 2.24) is 0 Å². The van der Waals surface area contributed by atoms with Crippen LogP contribution >= 0.6 is 0 Å². The minimum absolute atomic E-state index is 0.0324. The van der Waals surface area contributed by atoms with Gasteiger partial charge in [0.1, 0.15) is 6.07 Å². The maximum Gasteiger partial charge on any atom is 0.340 e. The van der Waals surface area contributed by atoms with Gasteiger partial charge in [-0.3, -0.25) is 0 Å². The Morgan fingerprint density at radius 1 is 1.35 bits per heavy atom. The Labute approximate surface area is 98.6 Å². The third-order valence-electron chi connectivity index (χ3n) is 2.07. The van der Waals surface area contributed by atoms with E-state index < -0.39 is 11.9 Å². The summed E-state index contributed by atoms with van der Waals surface area (Å²) in [4.78, 5) is 23.2. The second-order valence-electron chi connectivity index (χ2n) is 3.05. The number of benzene rings is 1. The van der Waals surface area contributed by atoms with E-state index in [0.29, 0.717) is 0 Å². The second-order valence-corrected chi connectivity index (χ2v) is 3.05. The summed E-state index contributed by atoms with van der Waals surface area (Å²) < 4.78 is 9.36. The Hall–Kier alpha value is -2.35. The lowest BCUT2D eigenvalue weighted by Gasteiger charge is -2.08. The summed E-state index contributed by atoms with van der Waals surface area (Å²) in [5.74, 6) is -1.38. The summed E-state index contributed by atoms with van der Waals surface area (Å²) in [6.45, 7) is 1.81. The molecule has 5 nitrogen and oxygen atoms in total. The molecule has 0 fully saturated rings. The maximum atomic E-state index is 11.7. The molecule has 0 radical (unpaired) electrons. The van der Waals surface area contributed by atoms with Crippen molar-refractivity contribution in [2.45, 2.75) is 6.92 Å². The molecule has 0 amide bonds. The van der Waals surface area contributed by atoms with E-state index in [1.54, 1.807) is 6.92 Å². The average Bonchev–Trinajstić information content (AvgIpc) is 2.37. The number of carbonyl (C=O) groups excluding carboxylic acids is 2. The molecule has 17 heavy (non-hydrogen) atoms. The summed E-state index contributed by atoms with van der Waals surface area (Å²) in [6, 6.07) is 6.21. The van der Waals surface area contributed by atoms with E-state index in [1.165, 1.54) is 25.3 Å². The summed E-state index contributed by atoms with van der Waals surface area (Å²) in [6.07, 6.45) is 0. The first-order chi connectivity index (χ1) is 8.15. The third kappa shape index (κ3) is 2.61. The summed E-state index contributed by atoms with van der Waals surface area (Å²) in [7, 11) is 1.20. The van der Waals surface area contributed by atoms with Gasteiger partial charge >= 0.3 is 11.9 Å². The number of ether oxygens (including phenoxy) is 2. The lowest BCUT2D eigenvalue weighted by molar-refractivity contribution is 0.0503. The Balaban J connectivity index is 3.36. The first kappa shape index (κ1) is 12.7. The van der Waals surface area contributed by atoms with Crippen LogP contribution in [0.3, 0.4) is 0 Å². The van der Waals surface area contributed by atoms with Crippen LogP contribution in [0.25, 0.3) is 0 Å². The number of carbonyl (C=O) groups is 2. The normalized spacial score (nSPS) is 9.24. The van der Waals surface area contributed by atoms with Crippen LogP contribution in [0.2, 0.25) is 0 Å². The summed E-state index contributed by atoms with van der Waals surface area (Å²) in [5.41, 5.74) is 0.0695. The zero-order chi connectivity index (χ0) is 12.8. The molecule has 1 aromatic carbocycles. The molecule has 0 aromatic heterocycles. The lowest BCUT2D eigenvalue weighted by Crippen LogP contribution is -2.14. The molecular formula is C12H11NO4. The van der Waals surface area contributed by atoms with Crippen molar-refractivity contribution >= 4 is 11.9 Å². The van der Waals surface area contributed by atoms with E-state index in [9.17, 15) is 9.59 Å². The standard InChI is InChI=1S/C12H11NO4/c1-3-17-12(15)10-8(7-13)5-4-6-9(10)11(14)16-2/h4-6H,3H2,1-2H3. The molecule has 0 atom stereocenters. The number of hydrogen-bond donors (Lipinski definition) is 0. The van der Waals surface area contributed by atoms with E-state index in [2.05, 4.69) is 4.74 Å². The van der Waals surface area contributed by atoms with Crippen LogP contribution in [0.15, 0.2) is 18.2 Å². The first-order valence-corrected chi connectivity index (χ1v) is 4.94. The van der Waals surface area contributed by atoms with Crippen LogP contribution < -0.4 is 0 Å². The smallest absolute Gasteiger partial charge is 0.340 e. The Morgan fingerprint density at radius 2 is 2.06 bits per heavy atom. The van der Waals surface area contributed by atoms with E-state index in [4.69, 9.17) is 10.00 Å². The zero-order valence-electron chi connectivity index (χ0n) is 9.52. The van der Waals surface area contributed by atoms with Gasteiger partial charge in [0.25, 0.3) is 0 Å². The molecule has 0 spiro atoms. The van der Waals surface area contributed by atoms with Gasteiger partial charge in [-0.25, -0.2) is 9.59 Å². The number of nitriles is 1. The Bertz CT molecular complexity index is 488. The summed E-state index contributed by atoms with van der Waals surface area (Å²) >= 11 is 0. The molecule has 0 saturated carbocycles. The highest BCUT2D eigenvalue weighted by molar-refractivity contribution is 6.04. The predicted octanol–water partition coefficient (Wildman–Crippen LogP) is 1.52. The van der Waals surface area contributed by atoms with Crippen LogP contribution in [-0.2, 0) is 9.47 Å². The van der Waals surface area contributed by atoms with E-state index in [-0.39, 0.29) is 23.3 Å². The van der Waals surface area contributed by atoms with Crippen LogP contribution in [-0.4, -0.2) is 25.7 Å². The van der Waals surface area contributed by atoms with Gasteiger partial charge in [0.05, 0.1) is 30.4 Å². The van der Waals surface area contributed by atoms with Crippen molar-refractivity contribution in [3.63, 3.8) is 0 Å². The molecule has 0 aliphatic heterocycles.